The van der Waals surface area contributed by atoms with Crippen molar-refractivity contribution in [1.29, 1.82) is 0 Å². The Morgan fingerprint density at radius 3 is 2.58 bits per heavy atom. The first-order chi connectivity index (χ1) is 14.9. The first kappa shape index (κ1) is 24.1. The third kappa shape index (κ3) is 7.23. The van der Waals surface area contributed by atoms with Crippen molar-refractivity contribution in [2.45, 2.75) is 49.3 Å². The van der Waals surface area contributed by atoms with E-state index in [1.807, 2.05) is 6.92 Å². The molecule has 3 N–H and O–H groups in total. The van der Waals surface area contributed by atoms with E-state index in [9.17, 15) is 18.3 Å². The lowest BCUT2D eigenvalue weighted by molar-refractivity contribution is -0.123. The van der Waals surface area contributed by atoms with E-state index < -0.39 is 22.2 Å². The number of carbonyl (C=O) groups excluding carboxylic acids is 1. The number of aliphatic hydroxyl groups is 1. The average molecular weight is 456 g/mol. The summed E-state index contributed by atoms with van der Waals surface area (Å²) in [6, 6.07) is 6.14. The van der Waals surface area contributed by atoms with Gasteiger partial charge in [-0.15, -0.1) is 0 Å². The molecule has 10 heteroatoms. The van der Waals surface area contributed by atoms with Crippen LogP contribution in [0.25, 0.3) is 0 Å². The van der Waals surface area contributed by atoms with Gasteiger partial charge < -0.3 is 19.9 Å². The monoisotopic (exact) mass is 455 g/mol. The summed E-state index contributed by atoms with van der Waals surface area (Å²) in [4.78, 5) is 14.3. The zero-order valence-electron chi connectivity index (χ0n) is 18.0. The summed E-state index contributed by atoms with van der Waals surface area (Å²) in [5.41, 5.74) is 0.980. The minimum atomic E-state index is -3.69. The van der Waals surface area contributed by atoms with Crippen molar-refractivity contribution < 1.29 is 27.8 Å². The molecule has 9 nitrogen and oxygen atoms in total. The van der Waals surface area contributed by atoms with E-state index in [-0.39, 0.29) is 23.5 Å². The molecule has 3 atom stereocenters. The smallest absolute Gasteiger partial charge is 0.240 e. The van der Waals surface area contributed by atoms with Crippen LogP contribution in [0.4, 0.5) is 0 Å². The van der Waals surface area contributed by atoms with Crippen molar-refractivity contribution in [2.75, 3.05) is 46.0 Å². The largest absolute Gasteiger partial charge is 0.394 e. The maximum absolute atomic E-state index is 12.7. The predicted molar refractivity (Wildman–Crippen MR) is 115 cm³/mol. The van der Waals surface area contributed by atoms with Crippen molar-refractivity contribution in [3.8, 4) is 0 Å². The molecule has 3 rings (SSSR count). The number of rotatable bonds is 9. The van der Waals surface area contributed by atoms with Gasteiger partial charge in [-0.05, 0) is 38.3 Å². The SMILES string of the molecule is Cc1ccc(S(=O)(=O)N[C@@H]2CC[C@H](CCNC(=O)CN3CCOCC3)O[C@H]2CO)cc1. The number of amides is 1. The first-order valence-corrected chi connectivity index (χ1v) is 12.3. The number of nitrogens with one attached hydrogen (secondary N) is 2. The molecule has 174 valence electrons. The van der Waals surface area contributed by atoms with Crippen LogP contribution in [-0.4, -0.2) is 88.6 Å². The number of carbonyl (C=O) groups is 1. The molecule has 0 aromatic heterocycles. The van der Waals surface area contributed by atoms with Gasteiger partial charge in [-0.1, -0.05) is 17.7 Å². The van der Waals surface area contributed by atoms with Crippen molar-refractivity contribution >= 4 is 15.9 Å². The predicted octanol–water partition coefficient (Wildman–Crippen LogP) is 0.0203. The lowest BCUT2D eigenvalue weighted by Crippen LogP contribution is -2.51. The molecule has 0 radical (unpaired) electrons. The van der Waals surface area contributed by atoms with E-state index in [1.165, 1.54) is 0 Å². The number of aryl methyl sites for hydroxylation is 1. The van der Waals surface area contributed by atoms with Gasteiger partial charge in [0, 0.05) is 19.6 Å². The fourth-order valence-electron chi connectivity index (χ4n) is 3.85. The Kier molecular flexibility index (Phi) is 8.82. The van der Waals surface area contributed by atoms with Gasteiger partial charge in [-0.25, -0.2) is 13.1 Å². The van der Waals surface area contributed by atoms with E-state index in [0.29, 0.717) is 45.6 Å². The van der Waals surface area contributed by atoms with Crippen molar-refractivity contribution in [1.82, 2.24) is 14.9 Å². The minimum absolute atomic E-state index is 0.0276. The maximum atomic E-state index is 12.7. The molecule has 1 aromatic rings. The standard InChI is InChI=1S/C21H33N3O6S/c1-16-2-5-18(6-3-16)31(27,28)23-19-7-4-17(30-20(19)15-25)8-9-22-21(26)14-24-10-12-29-13-11-24/h2-3,5-6,17,19-20,23,25H,4,7-15H2,1H3,(H,22,26)/t17-,19-,20+/m1/s1. The molecular formula is C21H33N3O6S. The maximum Gasteiger partial charge on any atom is 0.240 e. The molecule has 2 saturated heterocycles. The van der Waals surface area contributed by atoms with E-state index in [4.69, 9.17) is 9.47 Å². The number of hydrogen-bond acceptors (Lipinski definition) is 7. The van der Waals surface area contributed by atoms with E-state index in [0.717, 1.165) is 18.7 Å². The number of aliphatic hydroxyl groups excluding tert-OH is 1. The van der Waals surface area contributed by atoms with Crippen LogP contribution in [0.5, 0.6) is 0 Å². The Hall–Kier alpha value is -1.56. The number of ether oxygens (including phenoxy) is 2. The number of hydrogen-bond donors (Lipinski definition) is 3. The Morgan fingerprint density at radius 1 is 1.19 bits per heavy atom. The lowest BCUT2D eigenvalue weighted by Gasteiger charge is -2.36. The van der Waals surface area contributed by atoms with Gasteiger partial charge in [0.25, 0.3) is 0 Å². The third-order valence-electron chi connectivity index (χ3n) is 5.69. The Bertz CT molecular complexity index is 811. The second-order valence-corrected chi connectivity index (χ2v) is 9.84. The topological polar surface area (TPSA) is 117 Å². The third-order valence-corrected chi connectivity index (χ3v) is 7.20. The van der Waals surface area contributed by atoms with Crippen LogP contribution in [0, 0.1) is 6.92 Å². The Labute approximate surface area is 184 Å². The molecule has 1 aromatic carbocycles. The first-order valence-electron chi connectivity index (χ1n) is 10.8. The second-order valence-electron chi connectivity index (χ2n) is 8.12. The molecular weight excluding hydrogens is 422 g/mol. The van der Waals surface area contributed by atoms with Crippen LogP contribution in [0.1, 0.15) is 24.8 Å². The fraction of sp³-hybridized carbons (Fsp3) is 0.667. The van der Waals surface area contributed by atoms with Crippen LogP contribution >= 0.6 is 0 Å². The Morgan fingerprint density at radius 2 is 1.90 bits per heavy atom. The van der Waals surface area contributed by atoms with Crippen LogP contribution in [-0.2, 0) is 24.3 Å². The van der Waals surface area contributed by atoms with Crippen LogP contribution in [0.3, 0.4) is 0 Å². The molecule has 1 amide bonds. The van der Waals surface area contributed by atoms with Gasteiger partial charge in [0.15, 0.2) is 0 Å². The molecule has 0 saturated carbocycles. The highest BCUT2D eigenvalue weighted by atomic mass is 32.2. The molecule has 31 heavy (non-hydrogen) atoms. The highest BCUT2D eigenvalue weighted by Gasteiger charge is 2.33. The molecule has 0 aliphatic carbocycles. The Balaban J connectivity index is 1.43. The number of nitrogens with zero attached hydrogens (tertiary/aromatic N) is 1. The molecule has 0 unspecified atom stereocenters. The van der Waals surface area contributed by atoms with E-state index in [1.54, 1.807) is 24.3 Å². The van der Waals surface area contributed by atoms with Crippen LogP contribution < -0.4 is 10.0 Å². The normalized spacial score (nSPS) is 25.3. The van der Waals surface area contributed by atoms with Crippen molar-refractivity contribution in [3.05, 3.63) is 29.8 Å². The number of sulfonamides is 1. The van der Waals surface area contributed by atoms with E-state index >= 15 is 0 Å². The summed E-state index contributed by atoms with van der Waals surface area (Å²) in [5, 5.41) is 12.6. The van der Waals surface area contributed by atoms with Crippen molar-refractivity contribution in [2.24, 2.45) is 0 Å². The van der Waals surface area contributed by atoms with Crippen molar-refractivity contribution in [3.63, 3.8) is 0 Å². The summed E-state index contributed by atoms with van der Waals surface area (Å²) in [7, 11) is -3.69. The fourth-order valence-corrected chi connectivity index (χ4v) is 5.15. The van der Waals surface area contributed by atoms with Gasteiger partial charge in [0.05, 0.1) is 49.5 Å². The zero-order chi connectivity index (χ0) is 22.3. The molecule has 2 fully saturated rings. The lowest BCUT2D eigenvalue weighted by atomic mass is 9.98. The second kappa shape index (κ2) is 11.3. The number of morpholine rings is 1. The van der Waals surface area contributed by atoms with Gasteiger partial charge in [-0.2, -0.15) is 0 Å². The van der Waals surface area contributed by atoms with E-state index in [2.05, 4.69) is 14.9 Å². The molecule has 2 heterocycles. The van der Waals surface area contributed by atoms with Gasteiger partial charge >= 0.3 is 0 Å². The molecule has 2 aliphatic heterocycles. The number of benzene rings is 1. The van der Waals surface area contributed by atoms with Crippen LogP contribution in [0.15, 0.2) is 29.2 Å². The summed E-state index contributed by atoms with van der Waals surface area (Å²) >= 11 is 0. The molecule has 0 spiro atoms. The highest BCUT2D eigenvalue weighted by Crippen LogP contribution is 2.23. The quantitative estimate of drug-likeness (QED) is 0.481. The molecule has 0 bridgehead atoms. The average Bonchev–Trinajstić information content (AvgIpc) is 2.75. The summed E-state index contributed by atoms with van der Waals surface area (Å²) < 4.78 is 39.2. The van der Waals surface area contributed by atoms with Gasteiger partial charge in [0.2, 0.25) is 15.9 Å². The van der Waals surface area contributed by atoms with Gasteiger partial charge in [0.1, 0.15) is 0 Å². The summed E-state index contributed by atoms with van der Waals surface area (Å²) in [5.74, 6) is -0.0276. The van der Waals surface area contributed by atoms with Crippen LogP contribution in [0.2, 0.25) is 0 Å². The minimum Gasteiger partial charge on any atom is -0.394 e. The highest BCUT2D eigenvalue weighted by molar-refractivity contribution is 7.89. The van der Waals surface area contributed by atoms with Gasteiger partial charge in [-0.3, -0.25) is 9.69 Å². The zero-order valence-corrected chi connectivity index (χ0v) is 18.8. The summed E-state index contributed by atoms with van der Waals surface area (Å²) in [6.45, 7) is 5.28. The summed E-state index contributed by atoms with van der Waals surface area (Å²) in [6.07, 6.45) is 1.06. The molecule has 2 aliphatic rings.